The monoisotopic (exact) mass is 282 g/mol. The fourth-order valence-electron chi connectivity index (χ4n) is 2.51. The largest absolute Gasteiger partial charge is 0.381 e. The van der Waals surface area contributed by atoms with Crippen molar-refractivity contribution in [2.45, 2.75) is 30.2 Å². The van der Waals surface area contributed by atoms with Crippen LogP contribution in [-0.4, -0.2) is 45.8 Å². The molecule has 2 rings (SSSR count). The Hall–Kier alpha value is -1.07. The van der Waals surface area contributed by atoms with Gasteiger partial charge in [0, 0.05) is 12.3 Å². The lowest BCUT2D eigenvalue weighted by Crippen LogP contribution is -2.23. The number of hydrogen-bond donors (Lipinski definition) is 1. The van der Waals surface area contributed by atoms with Crippen molar-refractivity contribution in [1.82, 2.24) is 4.90 Å². The van der Waals surface area contributed by atoms with Crippen LogP contribution >= 0.6 is 0 Å². The van der Waals surface area contributed by atoms with Crippen LogP contribution in [-0.2, 0) is 9.84 Å². The molecule has 1 atom stereocenters. The van der Waals surface area contributed by atoms with E-state index in [2.05, 4.69) is 17.3 Å². The van der Waals surface area contributed by atoms with Crippen molar-refractivity contribution in [1.29, 1.82) is 0 Å². The Labute approximate surface area is 115 Å². The molecule has 19 heavy (non-hydrogen) atoms. The second kappa shape index (κ2) is 5.92. The SMILES string of the molecule is CN1CCCC(Nc2ccccc2S(C)(=O)=O)CC1. The number of nitrogens with zero attached hydrogens (tertiary/aromatic N) is 1. The number of rotatable bonds is 3. The summed E-state index contributed by atoms with van der Waals surface area (Å²) >= 11 is 0. The maximum Gasteiger partial charge on any atom is 0.177 e. The van der Waals surface area contributed by atoms with Crippen molar-refractivity contribution in [2.24, 2.45) is 0 Å². The molecule has 1 fully saturated rings. The van der Waals surface area contributed by atoms with E-state index in [-0.39, 0.29) is 0 Å². The van der Waals surface area contributed by atoms with Gasteiger partial charge in [0.2, 0.25) is 0 Å². The quantitative estimate of drug-likeness (QED) is 0.921. The van der Waals surface area contributed by atoms with Gasteiger partial charge in [0.25, 0.3) is 0 Å². The lowest BCUT2D eigenvalue weighted by Gasteiger charge is -2.19. The molecule has 0 radical (unpaired) electrons. The molecule has 1 aromatic rings. The normalized spacial score (nSPS) is 21.9. The summed E-state index contributed by atoms with van der Waals surface area (Å²) in [5.41, 5.74) is 0.736. The fraction of sp³-hybridized carbons (Fsp3) is 0.571. The van der Waals surface area contributed by atoms with E-state index in [1.807, 2.05) is 12.1 Å². The van der Waals surface area contributed by atoms with Gasteiger partial charge in [-0.15, -0.1) is 0 Å². The lowest BCUT2D eigenvalue weighted by atomic mass is 10.1. The standard InChI is InChI=1S/C14H22N2O2S/c1-16-10-5-6-12(9-11-16)15-13-7-3-4-8-14(13)19(2,17)18/h3-4,7-8,12,15H,5-6,9-11H2,1-2H3. The zero-order chi connectivity index (χ0) is 13.9. The molecule has 1 saturated heterocycles. The van der Waals surface area contributed by atoms with Gasteiger partial charge < -0.3 is 10.2 Å². The van der Waals surface area contributed by atoms with Crippen LogP contribution in [0.5, 0.6) is 0 Å². The van der Waals surface area contributed by atoms with Crippen LogP contribution in [0.4, 0.5) is 5.69 Å². The predicted molar refractivity (Wildman–Crippen MR) is 78.3 cm³/mol. The molecule has 0 bridgehead atoms. The molecular weight excluding hydrogens is 260 g/mol. The maximum absolute atomic E-state index is 11.8. The van der Waals surface area contributed by atoms with Gasteiger partial charge in [-0.3, -0.25) is 0 Å². The van der Waals surface area contributed by atoms with Gasteiger partial charge in [-0.2, -0.15) is 0 Å². The van der Waals surface area contributed by atoms with Crippen LogP contribution in [0.2, 0.25) is 0 Å². The van der Waals surface area contributed by atoms with E-state index >= 15 is 0 Å². The van der Waals surface area contributed by atoms with Gasteiger partial charge in [-0.25, -0.2) is 8.42 Å². The van der Waals surface area contributed by atoms with Gasteiger partial charge in [-0.1, -0.05) is 12.1 Å². The summed E-state index contributed by atoms with van der Waals surface area (Å²) in [4.78, 5) is 2.72. The summed E-state index contributed by atoms with van der Waals surface area (Å²) < 4.78 is 23.5. The summed E-state index contributed by atoms with van der Waals surface area (Å²) in [6, 6.07) is 7.51. The van der Waals surface area contributed by atoms with E-state index < -0.39 is 9.84 Å². The number of sulfone groups is 1. The first-order valence-electron chi connectivity index (χ1n) is 6.71. The lowest BCUT2D eigenvalue weighted by molar-refractivity contribution is 0.348. The van der Waals surface area contributed by atoms with Gasteiger partial charge in [0.15, 0.2) is 9.84 Å². The number of nitrogens with one attached hydrogen (secondary N) is 1. The van der Waals surface area contributed by atoms with Gasteiger partial charge in [0.1, 0.15) is 0 Å². The summed E-state index contributed by atoms with van der Waals surface area (Å²) in [6.07, 6.45) is 4.54. The highest BCUT2D eigenvalue weighted by atomic mass is 32.2. The molecule has 0 spiro atoms. The van der Waals surface area contributed by atoms with Gasteiger partial charge in [-0.05, 0) is 51.5 Å². The molecule has 1 unspecified atom stereocenters. The Kier molecular flexibility index (Phi) is 4.47. The third-order valence-corrected chi connectivity index (χ3v) is 4.75. The zero-order valence-corrected chi connectivity index (χ0v) is 12.4. The Bertz CT molecular complexity index is 528. The minimum Gasteiger partial charge on any atom is -0.381 e. The number of anilines is 1. The van der Waals surface area contributed by atoms with Crippen molar-refractivity contribution >= 4 is 15.5 Å². The zero-order valence-electron chi connectivity index (χ0n) is 11.6. The first kappa shape index (κ1) is 14.3. The molecular formula is C14H22N2O2S. The van der Waals surface area contributed by atoms with Crippen LogP contribution in [0.1, 0.15) is 19.3 Å². The summed E-state index contributed by atoms with van der Waals surface area (Å²) in [7, 11) is -1.05. The topological polar surface area (TPSA) is 49.4 Å². The molecule has 1 aliphatic heterocycles. The van der Waals surface area contributed by atoms with E-state index in [0.717, 1.165) is 38.0 Å². The van der Waals surface area contributed by atoms with Crippen molar-refractivity contribution < 1.29 is 8.42 Å². The van der Waals surface area contributed by atoms with Crippen LogP contribution in [0.25, 0.3) is 0 Å². The fourth-order valence-corrected chi connectivity index (χ4v) is 3.37. The molecule has 4 nitrogen and oxygen atoms in total. The van der Waals surface area contributed by atoms with Crippen LogP contribution in [0.15, 0.2) is 29.2 Å². The van der Waals surface area contributed by atoms with Crippen molar-refractivity contribution in [2.75, 3.05) is 31.7 Å². The summed E-state index contributed by atoms with van der Waals surface area (Å²) in [6.45, 7) is 2.17. The minimum atomic E-state index is -3.18. The van der Waals surface area contributed by atoms with Crippen LogP contribution in [0, 0.1) is 0 Å². The summed E-state index contributed by atoms with van der Waals surface area (Å²) in [5, 5.41) is 3.41. The third-order valence-electron chi connectivity index (χ3n) is 3.60. The van der Waals surface area contributed by atoms with E-state index in [1.54, 1.807) is 12.1 Å². The van der Waals surface area contributed by atoms with Crippen molar-refractivity contribution in [3.63, 3.8) is 0 Å². The van der Waals surface area contributed by atoms with E-state index in [0.29, 0.717) is 10.9 Å². The predicted octanol–water partition coefficient (Wildman–Crippen LogP) is 1.99. The van der Waals surface area contributed by atoms with Crippen molar-refractivity contribution in [3.05, 3.63) is 24.3 Å². The van der Waals surface area contributed by atoms with E-state index in [1.165, 1.54) is 6.26 Å². The Morgan fingerprint density at radius 1 is 1.21 bits per heavy atom. The molecule has 0 aliphatic carbocycles. The first-order valence-corrected chi connectivity index (χ1v) is 8.60. The van der Waals surface area contributed by atoms with Gasteiger partial charge in [0.05, 0.1) is 10.6 Å². The van der Waals surface area contributed by atoms with E-state index in [9.17, 15) is 8.42 Å². The average molecular weight is 282 g/mol. The molecule has 1 heterocycles. The van der Waals surface area contributed by atoms with Crippen molar-refractivity contribution in [3.8, 4) is 0 Å². The molecule has 0 aromatic heterocycles. The summed E-state index contributed by atoms with van der Waals surface area (Å²) in [5.74, 6) is 0. The number of benzene rings is 1. The Balaban J connectivity index is 2.15. The molecule has 1 aromatic carbocycles. The first-order chi connectivity index (χ1) is 8.97. The Morgan fingerprint density at radius 3 is 2.68 bits per heavy atom. The minimum absolute atomic E-state index is 0.354. The molecule has 106 valence electrons. The molecule has 0 saturated carbocycles. The number of para-hydroxylation sites is 1. The van der Waals surface area contributed by atoms with Crippen LogP contribution < -0.4 is 5.32 Å². The number of likely N-dealkylation sites (tertiary alicyclic amines) is 1. The molecule has 5 heteroatoms. The molecule has 1 aliphatic rings. The maximum atomic E-state index is 11.8. The van der Waals surface area contributed by atoms with Crippen LogP contribution in [0.3, 0.4) is 0 Å². The highest BCUT2D eigenvalue weighted by Gasteiger charge is 2.18. The Morgan fingerprint density at radius 2 is 1.95 bits per heavy atom. The number of hydrogen-bond acceptors (Lipinski definition) is 4. The molecule has 0 amide bonds. The smallest absolute Gasteiger partial charge is 0.177 e. The highest BCUT2D eigenvalue weighted by molar-refractivity contribution is 7.90. The highest BCUT2D eigenvalue weighted by Crippen LogP contribution is 2.23. The van der Waals surface area contributed by atoms with E-state index in [4.69, 9.17) is 0 Å². The second-order valence-electron chi connectivity index (χ2n) is 5.34. The third kappa shape index (κ3) is 3.94. The second-order valence-corrected chi connectivity index (χ2v) is 7.33. The van der Waals surface area contributed by atoms with Gasteiger partial charge >= 0.3 is 0 Å². The molecule has 1 N–H and O–H groups in total. The average Bonchev–Trinajstić information content (AvgIpc) is 2.54.